The average Bonchev–Trinajstić information content (AvgIpc) is 3.20. The second kappa shape index (κ2) is 10.1. The molecule has 0 aliphatic carbocycles. The molecule has 2 N–H and O–H groups in total. The third-order valence-electron chi connectivity index (χ3n) is 5.09. The minimum Gasteiger partial charge on any atom is -0.449 e. The van der Waals surface area contributed by atoms with Gasteiger partial charge in [-0.2, -0.15) is 13.2 Å². The van der Waals surface area contributed by atoms with Crippen LogP contribution in [0.25, 0.3) is 0 Å². The summed E-state index contributed by atoms with van der Waals surface area (Å²) < 4.78 is 48.4. The van der Waals surface area contributed by atoms with Gasteiger partial charge < -0.3 is 20.1 Å². The predicted octanol–water partition coefficient (Wildman–Crippen LogP) is 2.74. The Labute approximate surface area is 168 Å². The highest BCUT2D eigenvalue weighted by Gasteiger charge is 2.43. The molecule has 162 valence electrons. The minimum absolute atomic E-state index is 0.0315. The number of amides is 1. The van der Waals surface area contributed by atoms with Crippen molar-refractivity contribution in [3.63, 3.8) is 0 Å². The molecule has 1 aliphatic heterocycles. The second-order valence-corrected chi connectivity index (χ2v) is 7.22. The topological polar surface area (TPSA) is 76.7 Å². The van der Waals surface area contributed by atoms with Crippen LogP contribution in [0.4, 0.5) is 13.2 Å². The van der Waals surface area contributed by atoms with E-state index in [1.807, 2.05) is 0 Å². The molecule has 29 heavy (non-hydrogen) atoms. The fourth-order valence-corrected chi connectivity index (χ4v) is 3.57. The van der Waals surface area contributed by atoms with Gasteiger partial charge in [-0.3, -0.25) is 4.79 Å². The first kappa shape index (κ1) is 23.2. The van der Waals surface area contributed by atoms with Gasteiger partial charge in [0.05, 0.1) is 18.1 Å². The zero-order valence-electron chi connectivity index (χ0n) is 16.7. The van der Waals surface area contributed by atoms with Crippen molar-refractivity contribution in [3.05, 3.63) is 35.9 Å². The van der Waals surface area contributed by atoms with Crippen molar-refractivity contribution in [2.24, 2.45) is 5.92 Å². The minimum atomic E-state index is -5.13. The van der Waals surface area contributed by atoms with Crippen LogP contribution in [0, 0.1) is 5.92 Å². The van der Waals surface area contributed by atoms with Gasteiger partial charge in [-0.05, 0) is 31.9 Å². The van der Waals surface area contributed by atoms with Crippen molar-refractivity contribution in [1.82, 2.24) is 10.6 Å². The maximum absolute atomic E-state index is 12.7. The molecule has 1 fully saturated rings. The molecule has 0 unspecified atom stereocenters. The van der Waals surface area contributed by atoms with Gasteiger partial charge in [0.25, 0.3) is 0 Å². The first-order valence-electron chi connectivity index (χ1n) is 9.54. The average molecular weight is 416 g/mol. The summed E-state index contributed by atoms with van der Waals surface area (Å²) in [5, 5.41) is 5.97. The van der Waals surface area contributed by atoms with Crippen molar-refractivity contribution >= 4 is 11.9 Å². The maximum Gasteiger partial charge on any atom is 0.490 e. The van der Waals surface area contributed by atoms with Crippen molar-refractivity contribution in [1.29, 1.82) is 0 Å². The van der Waals surface area contributed by atoms with Crippen LogP contribution in [0.2, 0.25) is 0 Å². The summed E-state index contributed by atoms with van der Waals surface area (Å²) in [4.78, 5) is 24.2. The lowest BCUT2D eigenvalue weighted by molar-refractivity contribution is -0.206. The first-order valence-corrected chi connectivity index (χ1v) is 9.54. The Morgan fingerprint density at radius 3 is 2.38 bits per heavy atom. The summed E-state index contributed by atoms with van der Waals surface area (Å²) in [5.74, 6) is -3.24. The number of carbonyl (C=O) groups is 2. The van der Waals surface area contributed by atoms with Crippen molar-refractivity contribution in [3.8, 4) is 0 Å². The first-order chi connectivity index (χ1) is 13.6. The lowest BCUT2D eigenvalue weighted by atomic mass is 9.94. The molecule has 1 aliphatic rings. The van der Waals surface area contributed by atoms with Crippen molar-refractivity contribution < 1.29 is 32.2 Å². The summed E-state index contributed by atoms with van der Waals surface area (Å²) in [5.41, 5.74) is 0.353. The quantitative estimate of drug-likeness (QED) is 0.638. The Kier molecular flexibility index (Phi) is 8.04. The molecule has 0 saturated carbocycles. The number of nitrogens with one attached hydrogen (secondary N) is 2. The van der Waals surface area contributed by atoms with E-state index in [2.05, 4.69) is 10.6 Å². The Balaban J connectivity index is 2.12. The van der Waals surface area contributed by atoms with Gasteiger partial charge in [0.15, 0.2) is 0 Å². The fraction of sp³-hybridized carbons (Fsp3) is 0.600. The smallest absolute Gasteiger partial charge is 0.449 e. The molecule has 5 atom stereocenters. The Hall–Kier alpha value is -2.13. The summed E-state index contributed by atoms with van der Waals surface area (Å²) in [6, 6.07) is 7.16. The van der Waals surface area contributed by atoms with Crippen molar-refractivity contribution in [2.45, 2.75) is 57.2 Å². The molecule has 0 bridgehead atoms. The molecule has 0 aromatic heterocycles. The number of hydrogen-bond acceptors (Lipinski definition) is 5. The third kappa shape index (κ3) is 6.17. The van der Waals surface area contributed by atoms with E-state index in [9.17, 15) is 22.8 Å². The van der Waals surface area contributed by atoms with E-state index in [1.54, 1.807) is 37.3 Å². The van der Waals surface area contributed by atoms with Gasteiger partial charge >= 0.3 is 12.1 Å². The number of esters is 1. The number of carbonyl (C=O) groups excluding carboxylic acids is 2. The molecule has 1 heterocycles. The molecule has 9 heteroatoms. The number of benzene rings is 1. The molecule has 0 radical (unpaired) electrons. The van der Waals surface area contributed by atoms with Gasteiger partial charge in [0.2, 0.25) is 5.91 Å². The van der Waals surface area contributed by atoms with E-state index in [4.69, 9.17) is 9.47 Å². The molecule has 1 saturated heterocycles. The largest absolute Gasteiger partial charge is 0.490 e. The van der Waals surface area contributed by atoms with Crippen LogP contribution in [0.3, 0.4) is 0 Å². The van der Waals surface area contributed by atoms with Crippen LogP contribution < -0.4 is 10.6 Å². The van der Waals surface area contributed by atoms with Crippen LogP contribution in [0.1, 0.15) is 38.4 Å². The number of halogens is 3. The van der Waals surface area contributed by atoms with E-state index in [0.717, 1.165) is 19.4 Å². The van der Waals surface area contributed by atoms with Gasteiger partial charge in [0.1, 0.15) is 6.10 Å². The number of methoxy groups -OCH3 is 1. The Morgan fingerprint density at radius 2 is 1.86 bits per heavy atom. The lowest BCUT2D eigenvalue weighted by Gasteiger charge is -2.30. The normalized spacial score (nSPS) is 21.1. The fourth-order valence-electron chi connectivity index (χ4n) is 3.57. The third-order valence-corrected chi connectivity index (χ3v) is 5.09. The van der Waals surface area contributed by atoms with Crippen LogP contribution >= 0.6 is 0 Å². The van der Waals surface area contributed by atoms with E-state index in [1.165, 1.54) is 14.0 Å². The van der Waals surface area contributed by atoms with Crippen LogP contribution in [-0.4, -0.2) is 49.9 Å². The van der Waals surface area contributed by atoms with Crippen LogP contribution in [0.5, 0.6) is 0 Å². The number of rotatable bonds is 8. The summed E-state index contributed by atoms with van der Waals surface area (Å²) in [6.07, 6.45) is -4.93. The molecule has 1 aromatic rings. The SMILES string of the molecule is CO[C@@H]([C@@H]1CCCN1)[C@@H](C)C(=O)N[C@H](C)[C@@H](OC(=O)C(F)(F)F)c1ccccc1. The number of alkyl halides is 3. The maximum atomic E-state index is 12.7. The molecule has 2 rings (SSSR count). The zero-order valence-corrected chi connectivity index (χ0v) is 16.7. The highest BCUT2D eigenvalue weighted by Crippen LogP contribution is 2.27. The standard InChI is InChI=1S/C20H27F3N2O4/c1-12(16(28-3)15-10-7-11-24-15)18(26)25-13(2)17(14-8-5-4-6-9-14)29-19(27)20(21,22)23/h4-6,8-9,12-13,15-17,24H,7,10-11H2,1-3H3,(H,25,26)/t12-,13-,15+,16-,17-/m1/s1. The Bertz CT molecular complexity index is 678. The summed E-state index contributed by atoms with van der Waals surface area (Å²) >= 11 is 0. The van der Waals surface area contributed by atoms with Gasteiger partial charge in [-0.1, -0.05) is 37.3 Å². The molecule has 6 nitrogen and oxygen atoms in total. The number of ether oxygens (including phenoxy) is 2. The van der Waals surface area contributed by atoms with Gasteiger partial charge in [0, 0.05) is 13.2 Å². The monoisotopic (exact) mass is 416 g/mol. The van der Waals surface area contributed by atoms with Gasteiger partial charge in [-0.15, -0.1) is 0 Å². The van der Waals surface area contributed by atoms with Crippen molar-refractivity contribution in [2.75, 3.05) is 13.7 Å². The highest BCUT2D eigenvalue weighted by molar-refractivity contribution is 5.79. The molecule has 0 spiro atoms. The molecule has 1 aromatic carbocycles. The van der Waals surface area contributed by atoms with Gasteiger partial charge in [-0.25, -0.2) is 4.79 Å². The second-order valence-electron chi connectivity index (χ2n) is 7.22. The summed E-state index contributed by atoms with van der Waals surface area (Å²) in [7, 11) is 1.52. The lowest BCUT2D eigenvalue weighted by Crippen LogP contribution is -2.49. The molecular weight excluding hydrogens is 389 g/mol. The summed E-state index contributed by atoms with van der Waals surface area (Å²) in [6.45, 7) is 4.05. The highest BCUT2D eigenvalue weighted by atomic mass is 19.4. The molecular formula is C20H27F3N2O4. The van der Waals surface area contributed by atoms with E-state index < -0.39 is 30.2 Å². The zero-order chi connectivity index (χ0) is 21.6. The predicted molar refractivity (Wildman–Crippen MR) is 99.9 cm³/mol. The van der Waals surface area contributed by atoms with Crippen LogP contribution in [-0.2, 0) is 19.1 Å². The van der Waals surface area contributed by atoms with Crippen LogP contribution in [0.15, 0.2) is 30.3 Å². The van der Waals surface area contributed by atoms with E-state index in [0.29, 0.717) is 5.56 Å². The van der Waals surface area contributed by atoms with E-state index in [-0.39, 0.29) is 18.1 Å². The van der Waals surface area contributed by atoms with E-state index >= 15 is 0 Å². The Morgan fingerprint density at radius 1 is 1.21 bits per heavy atom. The molecule has 1 amide bonds. The number of hydrogen-bond donors (Lipinski definition) is 2.